The van der Waals surface area contributed by atoms with Crippen LogP contribution in [0.15, 0.2) is 101 Å². The summed E-state index contributed by atoms with van der Waals surface area (Å²) in [5, 5.41) is 2.86. The van der Waals surface area contributed by atoms with E-state index < -0.39 is 0 Å². The van der Waals surface area contributed by atoms with Crippen LogP contribution in [0.1, 0.15) is 60.3 Å². The summed E-state index contributed by atoms with van der Waals surface area (Å²) in [7, 11) is 1.64. The number of aromatic nitrogens is 3. The number of hydrogen-bond acceptors (Lipinski definition) is 8. The molecule has 1 aliphatic carbocycles. The van der Waals surface area contributed by atoms with Gasteiger partial charge in [0.05, 0.1) is 6.54 Å². The van der Waals surface area contributed by atoms with E-state index in [0.717, 1.165) is 34.6 Å². The lowest BCUT2D eigenvalue weighted by atomic mass is 9.74. The summed E-state index contributed by atoms with van der Waals surface area (Å²) in [6.45, 7) is 6.70. The van der Waals surface area contributed by atoms with Crippen molar-refractivity contribution >= 4 is 36.3 Å². The van der Waals surface area contributed by atoms with Crippen molar-refractivity contribution in [1.29, 1.82) is 0 Å². The number of imidazole rings is 1. The molecule has 6 rings (SSSR count). The number of fused-ring (bicyclic) bond motifs is 1. The van der Waals surface area contributed by atoms with Crippen LogP contribution in [0.5, 0.6) is 0 Å². The average Bonchev–Trinajstić information content (AvgIpc) is 3.25. The number of amidine groups is 1. The van der Waals surface area contributed by atoms with Gasteiger partial charge in [-0.15, -0.1) is 0 Å². The predicted molar refractivity (Wildman–Crippen MR) is 184 cm³/mol. The van der Waals surface area contributed by atoms with Crippen LogP contribution in [0.4, 0.5) is 5.82 Å². The van der Waals surface area contributed by atoms with Crippen molar-refractivity contribution < 1.29 is 14.3 Å². The van der Waals surface area contributed by atoms with Crippen molar-refractivity contribution in [3.63, 3.8) is 0 Å². The number of amides is 1. The van der Waals surface area contributed by atoms with Gasteiger partial charge in [0.1, 0.15) is 35.3 Å². The normalized spacial score (nSPS) is 14.3. The number of carbonyl (C=O) groups excluding carboxylic acids is 2. The van der Waals surface area contributed by atoms with E-state index >= 15 is 0 Å². The first kappa shape index (κ1) is 33.5. The molecule has 1 fully saturated rings. The van der Waals surface area contributed by atoms with Gasteiger partial charge in [-0.25, -0.2) is 9.97 Å². The smallest absolute Gasteiger partial charge is 0.293 e. The van der Waals surface area contributed by atoms with Gasteiger partial charge in [0.2, 0.25) is 0 Å². The third kappa shape index (κ3) is 8.62. The van der Waals surface area contributed by atoms with Gasteiger partial charge in [-0.1, -0.05) is 74.0 Å². The number of nitrogens with one attached hydrogen (secondary N) is 1. The Bertz CT molecular complexity index is 1690. The lowest BCUT2D eigenvalue weighted by Gasteiger charge is -2.32. The van der Waals surface area contributed by atoms with Gasteiger partial charge in [-0.2, -0.15) is 0 Å². The number of allylic oxidation sites excluding steroid dienone is 2. The Morgan fingerprint density at radius 3 is 2.57 bits per heavy atom. The van der Waals surface area contributed by atoms with Crippen LogP contribution in [-0.2, 0) is 16.1 Å². The van der Waals surface area contributed by atoms with Crippen LogP contribution >= 0.6 is 0 Å². The molecule has 238 valence electrons. The third-order valence-electron chi connectivity index (χ3n) is 7.79. The van der Waals surface area contributed by atoms with Gasteiger partial charge in [0.15, 0.2) is 0 Å². The zero-order valence-electron chi connectivity index (χ0n) is 26.4. The van der Waals surface area contributed by atoms with Crippen LogP contribution in [0.2, 0.25) is 0 Å². The second-order valence-corrected chi connectivity index (χ2v) is 10.8. The second kappa shape index (κ2) is 17.2. The first-order chi connectivity index (χ1) is 22.5. The van der Waals surface area contributed by atoms with Crippen molar-refractivity contribution in [3.8, 4) is 11.3 Å². The molecule has 4 aromatic rings. The summed E-state index contributed by atoms with van der Waals surface area (Å²) >= 11 is 0. The zero-order chi connectivity index (χ0) is 32.7. The van der Waals surface area contributed by atoms with Gasteiger partial charge in [-0.3, -0.25) is 19.0 Å². The highest BCUT2D eigenvalue weighted by molar-refractivity contribution is 6.10. The first-order valence-electron chi connectivity index (χ1n) is 15.4. The topological polar surface area (TPSA) is 136 Å². The molecule has 3 heterocycles. The summed E-state index contributed by atoms with van der Waals surface area (Å²) in [4.78, 5) is 39.4. The van der Waals surface area contributed by atoms with Crippen molar-refractivity contribution in [2.75, 3.05) is 19.3 Å². The van der Waals surface area contributed by atoms with E-state index in [-0.39, 0.29) is 5.91 Å². The summed E-state index contributed by atoms with van der Waals surface area (Å²) in [5.41, 5.74) is 10.4. The standard InChI is InChI=1S/C26H28N6O.C8H8O2.C2H5N/c1-2-20(17-7-6-8-17)25-31-22(23-24(27)29-15-16-32(23)25)18-10-12-19(13-11-18)26(33)30-21-9-4-3-5-14-28-21;9-7-10-6-8-4-2-1-3-5-8;1-3-2/h3-5,9-13,15-17,20H,2,6-8,14H2,1H3,(H2,27,29)(H,28,30,33);1-5,7H,6H2;1H2,2H3. The fraction of sp³-hybridized carbons (Fsp3) is 0.278. The molecule has 1 unspecified atom stereocenters. The zero-order valence-corrected chi connectivity index (χ0v) is 26.4. The molecular formula is C36H41N7O3. The third-order valence-corrected chi connectivity index (χ3v) is 7.79. The SMILES string of the molecule is C=NC.CCC(c1nc(-c2ccc(C(=O)NC3=NCC=CC=C3)cc2)c2c(N)nccn12)C1CCC1.O=COCc1ccccc1. The Kier molecular flexibility index (Phi) is 12.5. The summed E-state index contributed by atoms with van der Waals surface area (Å²) < 4.78 is 6.65. The Hall–Kier alpha value is -5.38. The van der Waals surface area contributed by atoms with Gasteiger partial charge >= 0.3 is 0 Å². The monoisotopic (exact) mass is 619 g/mol. The summed E-state index contributed by atoms with van der Waals surface area (Å²) in [5.74, 6) is 2.94. The van der Waals surface area contributed by atoms with Crippen molar-refractivity contribution in [2.24, 2.45) is 15.9 Å². The lowest BCUT2D eigenvalue weighted by molar-refractivity contribution is -0.129. The minimum Gasteiger partial charge on any atom is -0.463 e. The highest BCUT2D eigenvalue weighted by atomic mass is 16.5. The molecule has 2 aromatic carbocycles. The molecule has 2 aromatic heterocycles. The van der Waals surface area contributed by atoms with Gasteiger partial charge in [0, 0.05) is 36.5 Å². The maximum atomic E-state index is 12.7. The van der Waals surface area contributed by atoms with Crippen molar-refractivity contribution in [3.05, 3.63) is 108 Å². The van der Waals surface area contributed by atoms with Gasteiger partial charge in [-0.05, 0) is 55.7 Å². The summed E-state index contributed by atoms with van der Waals surface area (Å²) in [6, 6.07) is 17.0. The van der Waals surface area contributed by atoms with E-state index in [1.54, 1.807) is 19.3 Å². The molecule has 3 N–H and O–H groups in total. The molecule has 1 atom stereocenters. The highest BCUT2D eigenvalue weighted by Gasteiger charge is 2.31. The van der Waals surface area contributed by atoms with Crippen LogP contribution in [0.25, 0.3) is 16.8 Å². The average molecular weight is 620 g/mol. The maximum Gasteiger partial charge on any atom is 0.293 e. The number of carbonyl (C=O) groups is 2. The largest absolute Gasteiger partial charge is 0.463 e. The Balaban J connectivity index is 0.000000311. The summed E-state index contributed by atoms with van der Waals surface area (Å²) in [6.07, 6.45) is 16.0. The quantitative estimate of drug-likeness (QED) is 0.178. The van der Waals surface area contributed by atoms with Gasteiger partial charge < -0.3 is 20.8 Å². The van der Waals surface area contributed by atoms with Crippen LogP contribution in [-0.4, -0.2) is 52.9 Å². The Morgan fingerprint density at radius 1 is 1.17 bits per heavy atom. The highest BCUT2D eigenvalue weighted by Crippen LogP contribution is 2.42. The molecule has 0 spiro atoms. The number of ether oxygens (including phenoxy) is 1. The second-order valence-electron chi connectivity index (χ2n) is 10.8. The lowest BCUT2D eigenvalue weighted by Crippen LogP contribution is -2.29. The maximum absolute atomic E-state index is 12.7. The molecular weight excluding hydrogens is 578 g/mol. The number of nitrogens with two attached hydrogens (primary N) is 1. The Morgan fingerprint density at radius 2 is 1.91 bits per heavy atom. The Labute approximate surface area is 269 Å². The van der Waals surface area contributed by atoms with Crippen LogP contribution < -0.4 is 11.1 Å². The van der Waals surface area contributed by atoms with Crippen molar-refractivity contribution in [2.45, 2.75) is 45.1 Å². The molecule has 46 heavy (non-hydrogen) atoms. The van der Waals surface area contributed by atoms with E-state index in [1.165, 1.54) is 19.3 Å². The number of benzene rings is 2. The molecule has 0 saturated heterocycles. The fourth-order valence-electron chi connectivity index (χ4n) is 5.36. The molecule has 0 radical (unpaired) electrons. The van der Waals surface area contributed by atoms with E-state index in [4.69, 9.17) is 10.7 Å². The fourth-order valence-corrected chi connectivity index (χ4v) is 5.36. The molecule has 0 bridgehead atoms. The number of nitrogens with zero attached hydrogens (tertiary/aromatic N) is 5. The number of aliphatic imine (C=N–C) groups is 2. The number of nitrogen functional groups attached to an aromatic ring is 1. The number of rotatable bonds is 8. The number of anilines is 1. The minimum absolute atomic E-state index is 0.195. The van der Waals surface area contributed by atoms with E-state index in [0.29, 0.717) is 48.7 Å². The predicted octanol–water partition coefficient (Wildman–Crippen LogP) is 6.20. The molecule has 2 aliphatic rings. The van der Waals surface area contributed by atoms with E-state index in [1.807, 2.05) is 79.0 Å². The molecule has 10 nitrogen and oxygen atoms in total. The number of hydrogen-bond donors (Lipinski definition) is 2. The molecule has 1 aliphatic heterocycles. The van der Waals surface area contributed by atoms with E-state index in [2.05, 4.69) is 43.1 Å². The van der Waals surface area contributed by atoms with Crippen LogP contribution in [0.3, 0.4) is 0 Å². The van der Waals surface area contributed by atoms with Crippen molar-refractivity contribution in [1.82, 2.24) is 19.7 Å². The van der Waals surface area contributed by atoms with Gasteiger partial charge in [0.25, 0.3) is 12.4 Å². The molecule has 10 heteroatoms. The molecule has 1 saturated carbocycles. The van der Waals surface area contributed by atoms with Crippen LogP contribution in [0, 0.1) is 5.92 Å². The first-order valence-corrected chi connectivity index (χ1v) is 15.4. The minimum atomic E-state index is -0.195. The molecule has 1 amide bonds. The van der Waals surface area contributed by atoms with E-state index in [9.17, 15) is 9.59 Å².